The third kappa shape index (κ3) is 3.74. The van der Waals surface area contributed by atoms with E-state index in [-0.39, 0.29) is 12.1 Å². The molecule has 0 aliphatic heterocycles. The molecule has 0 saturated heterocycles. The van der Waals surface area contributed by atoms with E-state index in [1.165, 1.54) is 0 Å². The molecule has 90 valence electrons. The smallest absolute Gasteiger partial charge is 0.0665 e. The molecule has 1 aromatic rings. The predicted molar refractivity (Wildman–Crippen MR) is 72.0 cm³/mol. The molecule has 2 nitrogen and oxygen atoms in total. The molecule has 1 atom stereocenters. The van der Waals surface area contributed by atoms with Gasteiger partial charge in [0.15, 0.2) is 0 Å². The summed E-state index contributed by atoms with van der Waals surface area (Å²) < 4.78 is 6.52. The molecule has 0 amide bonds. The Bertz CT molecular complexity index is 344. The number of hydrogen-bond acceptors (Lipinski definition) is 2. The molecule has 0 saturated carbocycles. The molecule has 0 fully saturated rings. The molecule has 0 radical (unpaired) electrons. The summed E-state index contributed by atoms with van der Waals surface area (Å²) in [7, 11) is 1.91. The highest BCUT2D eigenvalue weighted by Crippen LogP contribution is 2.30. The molecule has 0 aromatic heterocycles. The van der Waals surface area contributed by atoms with E-state index in [1.807, 2.05) is 39.1 Å². The minimum Gasteiger partial charge on any atom is -0.377 e. The van der Waals surface area contributed by atoms with Crippen molar-refractivity contribution in [1.29, 1.82) is 0 Å². The fourth-order valence-corrected chi connectivity index (χ4v) is 2.05. The Morgan fingerprint density at radius 1 is 1.44 bits per heavy atom. The van der Waals surface area contributed by atoms with Crippen molar-refractivity contribution in [3.8, 4) is 0 Å². The second-order valence-electron chi connectivity index (χ2n) is 3.87. The van der Waals surface area contributed by atoms with Crippen LogP contribution in [-0.2, 0) is 4.74 Å². The first-order valence-electron chi connectivity index (χ1n) is 5.29. The Morgan fingerprint density at radius 2 is 2.12 bits per heavy atom. The average Bonchev–Trinajstić information content (AvgIpc) is 2.24. The van der Waals surface area contributed by atoms with Crippen LogP contribution in [-0.4, -0.2) is 19.8 Å². The van der Waals surface area contributed by atoms with Crippen LogP contribution >= 0.6 is 27.5 Å². The summed E-state index contributed by atoms with van der Waals surface area (Å²) in [6.45, 7) is 4.66. The first kappa shape index (κ1) is 14.0. The van der Waals surface area contributed by atoms with Crippen molar-refractivity contribution in [1.82, 2.24) is 5.32 Å². The molecule has 0 aliphatic carbocycles. The zero-order chi connectivity index (χ0) is 12.1. The summed E-state index contributed by atoms with van der Waals surface area (Å²) in [5.41, 5.74) is 1.05. The van der Waals surface area contributed by atoms with Gasteiger partial charge in [-0.05, 0) is 48.5 Å². The Morgan fingerprint density at radius 3 is 2.69 bits per heavy atom. The van der Waals surface area contributed by atoms with Crippen LogP contribution in [0.5, 0.6) is 0 Å². The highest BCUT2D eigenvalue weighted by molar-refractivity contribution is 9.10. The van der Waals surface area contributed by atoms with Gasteiger partial charge >= 0.3 is 0 Å². The standard InChI is InChI=1S/C12H17BrClNO/c1-8(2)16-7-11(15-3)9-5-4-6-10(13)12(9)14/h4-6,8,11,15H,7H2,1-3H3. The van der Waals surface area contributed by atoms with Gasteiger partial charge in [-0.2, -0.15) is 0 Å². The minimum absolute atomic E-state index is 0.118. The minimum atomic E-state index is 0.118. The highest BCUT2D eigenvalue weighted by Gasteiger charge is 2.15. The van der Waals surface area contributed by atoms with Gasteiger partial charge in [-0.3, -0.25) is 0 Å². The molecule has 1 N–H and O–H groups in total. The number of rotatable bonds is 5. The van der Waals surface area contributed by atoms with E-state index in [4.69, 9.17) is 16.3 Å². The fraction of sp³-hybridized carbons (Fsp3) is 0.500. The maximum atomic E-state index is 6.24. The second kappa shape index (κ2) is 6.60. The van der Waals surface area contributed by atoms with Crippen LogP contribution in [0.1, 0.15) is 25.5 Å². The third-order valence-corrected chi connectivity index (χ3v) is 3.61. The van der Waals surface area contributed by atoms with E-state index in [2.05, 4.69) is 21.2 Å². The van der Waals surface area contributed by atoms with E-state index in [0.29, 0.717) is 6.61 Å². The third-order valence-electron chi connectivity index (χ3n) is 2.30. The largest absolute Gasteiger partial charge is 0.377 e. The Labute approximate surface area is 110 Å². The molecule has 0 bridgehead atoms. The normalized spacial score (nSPS) is 13.1. The number of ether oxygens (including phenoxy) is 1. The quantitative estimate of drug-likeness (QED) is 0.893. The summed E-state index contributed by atoms with van der Waals surface area (Å²) in [6, 6.07) is 6.04. The number of nitrogens with one attached hydrogen (secondary N) is 1. The van der Waals surface area contributed by atoms with Crippen LogP contribution in [0.2, 0.25) is 5.02 Å². The van der Waals surface area contributed by atoms with Crippen LogP contribution in [0.25, 0.3) is 0 Å². The van der Waals surface area contributed by atoms with Crippen molar-refractivity contribution in [3.05, 3.63) is 33.3 Å². The first-order chi connectivity index (χ1) is 7.56. The van der Waals surface area contributed by atoms with Crippen LogP contribution in [0.15, 0.2) is 22.7 Å². The number of hydrogen-bond donors (Lipinski definition) is 1. The van der Waals surface area contributed by atoms with E-state index in [9.17, 15) is 0 Å². The van der Waals surface area contributed by atoms with Gasteiger partial charge in [-0.1, -0.05) is 23.7 Å². The molecule has 1 rings (SSSR count). The molecule has 1 unspecified atom stereocenters. The molecular weight excluding hydrogens is 289 g/mol. The lowest BCUT2D eigenvalue weighted by Gasteiger charge is -2.20. The molecular formula is C12H17BrClNO. The van der Waals surface area contributed by atoms with Crippen LogP contribution in [0.3, 0.4) is 0 Å². The van der Waals surface area contributed by atoms with Gasteiger partial charge in [-0.15, -0.1) is 0 Å². The lowest BCUT2D eigenvalue weighted by atomic mass is 10.1. The Kier molecular flexibility index (Phi) is 5.76. The number of benzene rings is 1. The van der Waals surface area contributed by atoms with Crippen molar-refractivity contribution >= 4 is 27.5 Å². The van der Waals surface area contributed by atoms with Gasteiger partial charge in [-0.25, -0.2) is 0 Å². The van der Waals surface area contributed by atoms with Gasteiger partial charge in [0.2, 0.25) is 0 Å². The molecule has 0 aliphatic rings. The SMILES string of the molecule is CNC(COC(C)C)c1cccc(Br)c1Cl. The average molecular weight is 307 g/mol. The van der Waals surface area contributed by atoms with Crippen molar-refractivity contribution in [2.24, 2.45) is 0 Å². The van der Waals surface area contributed by atoms with Crippen LogP contribution in [0, 0.1) is 0 Å². The van der Waals surface area contributed by atoms with Gasteiger partial charge < -0.3 is 10.1 Å². The maximum Gasteiger partial charge on any atom is 0.0665 e. The van der Waals surface area contributed by atoms with Crippen molar-refractivity contribution < 1.29 is 4.74 Å². The summed E-state index contributed by atoms with van der Waals surface area (Å²) >= 11 is 9.66. The van der Waals surface area contributed by atoms with Crippen molar-refractivity contribution in [2.75, 3.05) is 13.7 Å². The molecule has 1 aromatic carbocycles. The molecule has 0 heterocycles. The second-order valence-corrected chi connectivity index (χ2v) is 5.10. The van der Waals surface area contributed by atoms with Crippen molar-refractivity contribution in [2.45, 2.75) is 26.0 Å². The Hall–Kier alpha value is -0.0900. The van der Waals surface area contributed by atoms with E-state index in [0.717, 1.165) is 15.1 Å². The first-order valence-corrected chi connectivity index (χ1v) is 6.46. The van der Waals surface area contributed by atoms with E-state index in [1.54, 1.807) is 0 Å². The fourth-order valence-electron chi connectivity index (χ4n) is 1.41. The van der Waals surface area contributed by atoms with Gasteiger partial charge in [0.25, 0.3) is 0 Å². The maximum absolute atomic E-state index is 6.24. The van der Waals surface area contributed by atoms with E-state index < -0.39 is 0 Å². The zero-order valence-electron chi connectivity index (χ0n) is 9.76. The highest BCUT2D eigenvalue weighted by atomic mass is 79.9. The van der Waals surface area contributed by atoms with Gasteiger partial charge in [0.1, 0.15) is 0 Å². The van der Waals surface area contributed by atoms with Crippen LogP contribution < -0.4 is 5.32 Å². The summed E-state index contributed by atoms with van der Waals surface area (Å²) in [4.78, 5) is 0. The molecule has 16 heavy (non-hydrogen) atoms. The van der Waals surface area contributed by atoms with E-state index >= 15 is 0 Å². The summed E-state index contributed by atoms with van der Waals surface area (Å²) in [5, 5.41) is 3.96. The predicted octanol–water partition coefficient (Wildman–Crippen LogP) is 3.79. The lowest BCUT2D eigenvalue weighted by molar-refractivity contribution is 0.0626. The van der Waals surface area contributed by atoms with Crippen LogP contribution in [0.4, 0.5) is 0 Å². The monoisotopic (exact) mass is 305 g/mol. The summed E-state index contributed by atoms with van der Waals surface area (Å²) in [6.07, 6.45) is 0.224. The lowest BCUT2D eigenvalue weighted by Crippen LogP contribution is -2.23. The van der Waals surface area contributed by atoms with Gasteiger partial charge in [0.05, 0.1) is 23.8 Å². The molecule has 0 spiro atoms. The summed E-state index contributed by atoms with van der Waals surface area (Å²) in [5.74, 6) is 0. The Balaban J connectivity index is 2.82. The topological polar surface area (TPSA) is 21.3 Å². The van der Waals surface area contributed by atoms with Gasteiger partial charge in [0, 0.05) is 4.47 Å². The molecule has 4 heteroatoms. The zero-order valence-corrected chi connectivity index (χ0v) is 12.1. The number of likely N-dealkylation sites (N-methyl/N-ethyl adjacent to an activating group) is 1. The number of halogens is 2. The van der Waals surface area contributed by atoms with Crippen molar-refractivity contribution in [3.63, 3.8) is 0 Å².